The molecular formula is C15H16O6S. The van der Waals surface area contributed by atoms with Gasteiger partial charge in [0.1, 0.15) is 6.10 Å². The Balaban J connectivity index is 2.13. The molecule has 0 radical (unpaired) electrons. The Bertz CT molecular complexity index is 702. The summed E-state index contributed by atoms with van der Waals surface area (Å²) in [6.45, 7) is 1.11. The summed E-state index contributed by atoms with van der Waals surface area (Å²) < 4.78 is 22.5. The molecule has 1 atom stereocenters. The van der Waals surface area contributed by atoms with E-state index in [0.717, 1.165) is 22.5 Å². The van der Waals surface area contributed by atoms with Gasteiger partial charge in [-0.2, -0.15) is 0 Å². The summed E-state index contributed by atoms with van der Waals surface area (Å²) in [5.74, 6) is 0.471. The van der Waals surface area contributed by atoms with Gasteiger partial charge in [-0.05, 0) is 6.07 Å². The van der Waals surface area contributed by atoms with Gasteiger partial charge in [0.05, 0.1) is 27.4 Å². The fraction of sp³-hybridized carbons (Fsp3) is 0.400. The van der Waals surface area contributed by atoms with E-state index in [1.807, 2.05) is 0 Å². The Hall–Kier alpha value is -1.99. The number of aromatic carboxylic acids is 1. The van der Waals surface area contributed by atoms with Crippen molar-refractivity contribution in [1.82, 2.24) is 0 Å². The van der Waals surface area contributed by atoms with E-state index in [2.05, 4.69) is 0 Å². The third kappa shape index (κ3) is 2.57. The lowest BCUT2D eigenvalue weighted by molar-refractivity contribution is 0.0694. The van der Waals surface area contributed by atoms with Crippen LogP contribution in [0.1, 0.15) is 16.1 Å². The number of thiophene rings is 1. The molecule has 1 fully saturated rings. The van der Waals surface area contributed by atoms with Crippen molar-refractivity contribution < 1.29 is 28.8 Å². The van der Waals surface area contributed by atoms with E-state index in [9.17, 15) is 9.90 Å². The van der Waals surface area contributed by atoms with Crippen molar-refractivity contribution in [3.05, 3.63) is 17.0 Å². The van der Waals surface area contributed by atoms with E-state index in [1.165, 1.54) is 0 Å². The Morgan fingerprint density at radius 3 is 2.64 bits per heavy atom. The lowest BCUT2D eigenvalue weighted by atomic mass is 10.2. The highest BCUT2D eigenvalue weighted by Gasteiger charge is 2.26. The molecule has 3 rings (SSSR count). The minimum absolute atomic E-state index is 0.121. The van der Waals surface area contributed by atoms with Crippen LogP contribution < -0.4 is 14.2 Å². The highest BCUT2D eigenvalue weighted by molar-refractivity contribution is 7.21. The maximum Gasteiger partial charge on any atom is 0.349 e. The molecule has 118 valence electrons. The second-order valence-electron chi connectivity index (χ2n) is 4.87. The largest absolute Gasteiger partial charge is 0.493 e. The summed E-state index contributed by atoms with van der Waals surface area (Å²) in [5, 5.41) is 10.1. The molecule has 0 spiro atoms. The van der Waals surface area contributed by atoms with Crippen LogP contribution in [0.25, 0.3) is 10.1 Å². The molecule has 1 N–H and O–H groups in total. The number of fused-ring (bicyclic) bond motifs is 1. The molecule has 1 aromatic carbocycles. The highest BCUT2D eigenvalue weighted by atomic mass is 32.1. The van der Waals surface area contributed by atoms with Gasteiger partial charge in [-0.25, -0.2) is 4.79 Å². The van der Waals surface area contributed by atoms with E-state index >= 15 is 0 Å². The van der Waals surface area contributed by atoms with Crippen molar-refractivity contribution in [3.8, 4) is 17.2 Å². The molecule has 6 nitrogen and oxygen atoms in total. The third-order valence-electron chi connectivity index (χ3n) is 3.52. The van der Waals surface area contributed by atoms with E-state index in [-0.39, 0.29) is 11.0 Å². The topological polar surface area (TPSA) is 74.2 Å². The Labute approximate surface area is 131 Å². The standard InChI is InChI=1S/C15H16O6S/c1-18-10-5-9-12(6-11(10)19-2)22-14(15(16)17)13(9)21-8-3-4-20-7-8/h5-6,8H,3-4,7H2,1-2H3,(H,16,17). The first-order valence-corrected chi connectivity index (χ1v) is 7.62. The normalized spacial score (nSPS) is 17.6. The molecule has 1 saturated heterocycles. The van der Waals surface area contributed by atoms with Crippen LogP contribution in [-0.4, -0.2) is 44.6 Å². The minimum atomic E-state index is -1.01. The zero-order valence-electron chi connectivity index (χ0n) is 12.3. The summed E-state index contributed by atoms with van der Waals surface area (Å²) in [6, 6.07) is 3.52. The first-order chi connectivity index (χ1) is 10.6. The number of carboxylic acids is 1. The van der Waals surface area contributed by atoms with Gasteiger partial charge in [-0.1, -0.05) is 0 Å². The molecule has 1 aromatic heterocycles. The number of hydrogen-bond donors (Lipinski definition) is 1. The number of ether oxygens (including phenoxy) is 4. The highest BCUT2D eigenvalue weighted by Crippen LogP contribution is 2.44. The van der Waals surface area contributed by atoms with Gasteiger partial charge in [0.2, 0.25) is 0 Å². The smallest absolute Gasteiger partial charge is 0.349 e. The van der Waals surface area contributed by atoms with Crippen molar-refractivity contribution in [2.24, 2.45) is 0 Å². The van der Waals surface area contributed by atoms with Crippen LogP contribution in [0.3, 0.4) is 0 Å². The number of methoxy groups -OCH3 is 2. The lowest BCUT2D eigenvalue weighted by Crippen LogP contribution is -2.16. The van der Waals surface area contributed by atoms with Gasteiger partial charge in [0.25, 0.3) is 0 Å². The molecule has 0 aliphatic carbocycles. The van der Waals surface area contributed by atoms with Crippen LogP contribution in [-0.2, 0) is 4.74 Å². The molecule has 0 bridgehead atoms. The molecular weight excluding hydrogens is 308 g/mol. The molecule has 7 heteroatoms. The van der Waals surface area contributed by atoms with Gasteiger partial charge in [-0.15, -0.1) is 11.3 Å². The Morgan fingerprint density at radius 1 is 1.32 bits per heavy atom. The van der Waals surface area contributed by atoms with Crippen molar-refractivity contribution >= 4 is 27.4 Å². The zero-order valence-corrected chi connectivity index (χ0v) is 13.1. The second-order valence-corrected chi connectivity index (χ2v) is 5.92. The van der Waals surface area contributed by atoms with E-state index in [0.29, 0.717) is 35.8 Å². The van der Waals surface area contributed by atoms with Gasteiger partial charge < -0.3 is 24.1 Å². The number of benzene rings is 1. The predicted octanol–water partition coefficient (Wildman–Crippen LogP) is 2.78. The van der Waals surface area contributed by atoms with Crippen LogP contribution in [0.4, 0.5) is 0 Å². The quantitative estimate of drug-likeness (QED) is 0.911. The fourth-order valence-corrected chi connectivity index (χ4v) is 3.42. The maximum atomic E-state index is 11.5. The minimum Gasteiger partial charge on any atom is -0.493 e. The molecule has 0 saturated carbocycles. The molecule has 2 aromatic rings. The average Bonchev–Trinajstić information content (AvgIpc) is 3.14. The van der Waals surface area contributed by atoms with Crippen LogP contribution >= 0.6 is 11.3 Å². The van der Waals surface area contributed by atoms with Crippen LogP contribution in [0, 0.1) is 0 Å². The summed E-state index contributed by atoms with van der Waals surface area (Å²) in [5.41, 5.74) is 0. The van der Waals surface area contributed by atoms with Crippen molar-refractivity contribution in [1.29, 1.82) is 0 Å². The number of rotatable bonds is 5. The lowest BCUT2D eigenvalue weighted by Gasteiger charge is -2.13. The van der Waals surface area contributed by atoms with Crippen molar-refractivity contribution in [3.63, 3.8) is 0 Å². The van der Waals surface area contributed by atoms with E-state index in [4.69, 9.17) is 18.9 Å². The summed E-state index contributed by atoms with van der Waals surface area (Å²) in [7, 11) is 3.09. The Morgan fingerprint density at radius 2 is 2.05 bits per heavy atom. The van der Waals surface area contributed by atoms with Crippen LogP contribution in [0.5, 0.6) is 17.2 Å². The van der Waals surface area contributed by atoms with Gasteiger partial charge >= 0.3 is 5.97 Å². The Kier molecular flexibility index (Phi) is 4.08. The molecule has 22 heavy (non-hydrogen) atoms. The third-order valence-corrected chi connectivity index (χ3v) is 4.64. The zero-order chi connectivity index (χ0) is 15.7. The number of carbonyl (C=O) groups is 1. The molecule has 1 unspecified atom stereocenters. The molecule has 1 aliphatic rings. The molecule has 1 aliphatic heterocycles. The van der Waals surface area contributed by atoms with Gasteiger partial charge in [-0.3, -0.25) is 0 Å². The van der Waals surface area contributed by atoms with Crippen molar-refractivity contribution in [2.45, 2.75) is 12.5 Å². The average molecular weight is 324 g/mol. The summed E-state index contributed by atoms with van der Waals surface area (Å²) in [4.78, 5) is 11.7. The maximum absolute atomic E-state index is 11.5. The van der Waals surface area contributed by atoms with Gasteiger partial charge in [0.15, 0.2) is 22.1 Å². The number of hydrogen-bond acceptors (Lipinski definition) is 6. The SMILES string of the molecule is COc1cc2sc(C(=O)O)c(OC3CCOC3)c2cc1OC. The van der Waals surface area contributed by atoms with Crippen LogP contribution in [0.2, 0.25) is 0 Å². The van der Waals surface area contributed by atoms with E-state index in [1.54, 1.807) is 26.4 Å². The molecule has 0 amide bonds. The summed E-state index contributed by atoms with van der Waals surface area (Å²) >= 11 is 1.16. The first-order valence-electron chi connectivity index (χ1n) is 6.80. The number of carboxylic acid groups (broad SMARTS) is 1. The monoisotopic (exact) mass is 324 g/mol. The second kappa shape index (κ2) is 6.02. The van der Waals surface area contributed by atoms with Gasteiger partial charge in [0, 0.05) is 22.6 Å². The van der Waals surface area contributed by atoms with Crippen molar-refractivity contribution in [2.75, 3.05) is 27.4 Å². The molecule has 2 heterocycles. The predicted molar refractivity (Wildman–Crippen MR) is 81.7 cm³/mol. The summed E-state index contributed by atoms with van der Waals surface area (Å²) in [6.07, 6.45) is 0.632. The first kappa shape index (κ1) is 14.9. The van der Waals surface area contributed by atoms with E-state index < -0.39 is 5.97 Å². The fourth-order valence-electron chi connectivity index (χ4n) is 2.43. The van der Waals surface area contributed by atoms with Crippen LogP contribution in [0.15, 0.2) is 12.1 Å².